The van der Waals surface area contributed by atoms with Gasteiger partial charge in [0.1, 0.15) is 5.01 Å². The third-order valence-electron chi connectivity index (χ3n) is 2.63. The van der Waals surface area contributed by atoms with Gasteiger partial charge in [-0.2, -0.15) is 0 Å². The second-order valence-corrected chi connectivity index (χ2v) is 5.89. The number of hydrogen-bond donors (Lipinski definition) is 2. The predicted octanol–water partition coefficient (Wildman–Crippen LogP) is 3.84. The summed E-state index contributed by atoms with van der Waals surface area (Å²) in [6.07, 6.45) is 1.75. The molecule has 2 N–H and O–H groups in total. The summed E-state index contributed by atoms with van der Waals surface area (Å²) in [6, 6.07) is 4.62. The average Bonchev–Trinajstić information content (AvgIpc) is 2.85. The number of carboxylic acid groups (broad SMARTS) is 1. The quantitative estimate of drug-likeness (QED) is 0.900. The second-order valence-electron chi connectivity index (χ2n) is 4.59. The lowest BCUT2D eigenvalue weighted by molar-refractivity contribution is 0.0697. The van der Waals surface area contributed by atoms with Crippen LogP contribution in [0.5, 0.6) is 0 Å². The Bertz CT molecular complexity index is 597. The number of nitrogens with one attached hydrogen (secondary N) is 1. The maximum atomic E-state index is 10.8. The standard InChI is InChI=1S/C13H13ClN2O2S/c1-13(2,12-15-5-6-19-12)16-10-4-3-8(11(17)18)7-9(10)14/h3-7,16H,1-2H3,(H,17,18). The molecular formula is C13H13ClN2O2S. The summed E-state index contributed by atoms with van der Waals surface area (Å²) in [5.41, 5.74) is 0.484. The number of carbonyl (C=O) groups is 1. The predicted molar refractivity (Wildman–Crippen MR) is 77.2 cm³/mol. The Hall–Kier alpha value is -1.59. The Balaban J connectivity index is 2.27. The molecule has 0 aliphatic carbocycles. The number of carboxylic acids is 1. The molecule has 4 nitrogen and oxygen atoms in total. The van der Waals surface area contributed by atoms with Gasteiger partial charge in [-0.3, -0.25) is 0 Å². The molecule has 2 rings (SSSR count). The van der Waals surface area contributed by atoms with Crippen LogP contribution in [0.3, 0.4) is 0 Å². The zero-order valence-electron chi connectivity index (χ0n) is 10.5. The zero-order valence-corrected chi connectivity index (χ0v) is 12.0. The Morgan fingerprint density at radius 3 is 2.74 bits per heavy atom. The first-order chi connectivity index (χ1) is 8.90. The molecule has 19 heavy (non-hydrogen) atoms. The number of benzene rings is 1. The van der Waals surface area contributed by atoms with Gasteiger partial charge in [-0.05, 0) is 32.0 Å². The number of rotatable bonds is 4. The third kappa shape index (κ3) is 3.05. The molecule has 0 spiro atoms. The van der Waals surface area contributed by atoms with E-state index in [4.69, 9.17) is 16.7 Å². The molecule has 0 unspecified atom stereocenters. The maximum absolute atomic E-state index is 10.8. The Kier molecular flexibility index (Phi) is 3.78. The van der Waals surface area contributed by atoms with Crippen molar-refractivity contribution in [3.05, 3.63) is 45.4 Å². The summed E-state index contributed by atoms with van der Waals surface area (Å²) >= 11 is 7.65. The molecule has 6 heteroatoms. The Labute approximate surface area is 120 Å². The largest absolute Gasteiger partial charge is 0.478 e. The fourth-order valence-electron chi connectivity index (χ4n) is 1.67. The van der Waals surface area contributed by atoms with Gasteiger partial charge in [0.05, 0.1) is 21.8 Å². The van der Waals surface area contributed by atoms with Crippen LogP contribution in [0.4, 0.5) is 5.69 Å². The molecule has 0 amide bonds. The van der Waals surface area contributed by atoms with E-state index in [9.17, 15) is 4.79 Å². The summed E-state index contributed by atoms with van der Waals surface area (Å²) in [7, 11) is 0. The van der Waals surface area contributed by atoms with Crippen molar-refractivity contribution in [2.24, 2.45) is 0 Å². The van der Waals surface area contributed by atoms with E-state index in [0.29, 0.717) is 10.7 Å². The number of thiazole rings is 1. The van der Waals surface area contributed by atoms with E-state index in [-0.39, 0.29) is 11.1 Å². The fourth-order valence-corrected chi connectivity index (χ4v) is 2.62. The van der Waals surface area contributed by atoms with Gasteiger partial charge >= 0.3 is 5.97 Å². The molecule has 0 fully saturated rings. The van der Waals surface area contributed by atoms with Crippen LogP contribution in [0.15, 0.2) is 29.8 Å². The molecule has 1 aromatic heterocycles. The van der Waals surface area contributed by atoms with Gasteiger partial charge in [0, 0.05) is 11.6 Å². The first-order valence-electron chi connectivity index (χ1n) is 5.61. The van der Waals surface area contributed by atoms with Crippen LogP contribution in [0.2, 0.25) is 5.02 Å². The van der Waals surface area contributed by atoms with E-state index in [1.807, 2.05) is 19.2 Å². The Morgan fingerprint density at radius 2 is 2.21 bits per heavy atom. The van der Waals surface area contributed by atoms with Crippen LogP contribution < -0.4 is 5.32 Å². The lowest BCUT2D eigenvalue weighted by atomic mass is 10.1. The minimum atomic E-state index is -0.993. The van der Waals surface area contributed by atoms with E-state index >= 15 is 0 Å². The van der Waals surface area contributed by atoms with Crippen molar-refractivity contribution in [3.8, 4) is 0 Å². The normalized spacial score (nSPS) is 11.3. The summed E-state index contributed by atoms with van der Waals surface area (Å²) in [4.78, 5) is 15.1. The first kappa shape index (κ1) is 13.8. The molecule has 0 bridgehead atoms. The highest BCUT2D eigenvalue weighted by Gasteiger charge is 2.24. The number of aromatic carboxylic acids is 1. The van der Waals surface area contributed by atoms with Crippen molar-refractivity contribution in [2.45, 2.75) is 19.4 Å². The highest BCUT2D eigenvalue weighted by Crippen LogP contribution is 2.31. The molecule has 100 valence electrons. The molecule has 1 heterocycles. The van der Waals surface area contributed by atoms with E-state index in [1.54, 1.807) is 23.6 Å². The number of nitrogens with zero attached hydrogens (tertiary/aromatic N) is 1. The Morgan fingerprint density at radius 1 is 1.47 bits per heavy atom. The molecule has 1 aromatic carbocycles. The monoisotopic (exact) mass is 296 g/mol. The summed E-state index contributed by atoms with van der Waals surface area (Å²) in [5.74, 6) is -0.993. The van der Waals surface area contributed by atoms with Crippen molar-refractivity contribution in [3.63, 3.8) is 0 Å². The van der Waals surface area contributed by atoms with Crippen LogP contribution in [0.1, 0.15) is 29.2 Å². The smallest absolute Gasteiger partial charge is 0.335 e. The molecule has 0 saturated carbocycles. The second kappa shape index (κ2) is 5.19. The minimum Gasteiger partial charge on any atom is -0.478 e. The number of halogens is 1. The summed E-state index contributed by atoms with van der Waals surface area (Å²) in [5, 5.41) is 15.4. The highest BCUT2D eigenvalue weighted by atomic mass is 35.5. The van der Waals surface area contributed by atoms with Crippen molar-refractivity contribution < 1.29 is 9.90 Å². The van der Waals surface area contributed by atoms with Gasteiger partial charge in [-0.15, -0.1) is 11.3 Å². The maximum Gasteiger partial charge on any atom is 0.335 e. The lowest BCUT2D eigenvalue weighted by Gasteiger charge is -2.25. The molecule has 0 aliphatic heterocycles. The highest BCUT2D eigenvalue weighted by molar-refractivity contribution is 7.09. The average molecular weight is 297 g/mol. The molecule has 0 saturated heterocycles. The van der Waals surface area contributed by atoms with Crippen LogP contribution in [-0.2, 0) is 5.54 Å². The van der Waals surface area contributed by atoms with Gasteiger partial charge in [-0.25, -0.2) is 9.78 Å². The van der Waals surface area contributed by atoms with Crippen LogP contribution in [-0.4, -0.2) is 16.1 Å². The topological polar surface area (TPSA) is 62.2 Å². The molecule has 0 aliphatic rings. The van der Waals surface area contributed by atoms with Gasteiger partial charge in [0.15, 0.2) is 0 Å². The van der Waals surface area contributed by atoms with Crippen LogP contribution in [0, 0.1) is 0 Å². The summed E-state index contributed by atoms with van der Waals surface area (Å²) in [6.45, 7) is 3.99. The first-order valence-corrected chi connectivity index (χ1v) is 6.87. The fraction of sp³-hybridized carbons (Fsp3) is 0.231. The van der Waals surface area contributed by atoms with Gasteiger partial charge in [0.25, 0.3) is 0 Å². The molecule has 0 atom stereocenters. The van der Waals surface area contributed by atoms with Gasteiger partial charge in [0.2, 0.25) is 0 Å². The number of anilines is 1. The van der Waals surface area contributed by atoms with Crippen LogP contribution in [0.25, 0.3) is 0 Å². The SMILES string of the molecule is CC(C)(Nc1ccc(C(=O)O)cc1Cl)c1nccs1. The summed E-state index contributed by atoms with van der Waals surface area (Å²) < 4.78 is 0. The van der Waals surface area contributed by atoms with Crippen molar-refractivity contribution in [1.82, 2.24) is 4.98 Å². The zero-order chi connectivity index (χ0) is 14.0. The molecule has 0 radical (unpaired) electrons. The molecular weight excluding hydrogens is 284 g/mol. The molecule has 2 aromatic rings. The van der Waals surface area contributed by atoms with E-state index in [2.05, 4.69) is 10.3 Å². The number of aromatic nitrogens is 1. The van der Waals surface area contributed by atoms with Crippen molar-refractivity contribution >= 4 is 34.6 Å². The number of hydrogen-bond acceptors (Lipinski definition) is 4. The van der Waals surface area contributed by atoms with Crippen LogP contribution >= 0.6 is 22.9 Å². The van der Waals surface area contributed by atoms with Gasteiger partial charge < -0.3 is 10.4 Å². The third-order valence-corrected chi connectivity index (χ3v) is 4.04. The minimum absolute atomic E-state index is 0.169. The van der Waals surface area contributed by atoms with Crippen molar-refractivity contribution in [2.75, 3.05) is 5.32 Å². The van der Waals surface area contributed by atoms with E-state index in [0.717, 1.165) is 5.01 Å². The van der Waals surface area contributed by atoms with E-state index < -0.39 is 5.97 Å². The van der Waals surface area contributed by atoms with E-state index in [1.165, 1.54) is 12.1 Å². The van der Waals surface area contributed by atoms with Crippen molar-refractivity contribution in [1.29, 1.82) is 0 Å². The lowest BCUT2D eigenvalue weighted by Crippen LogP contribution is -2.27. The van der Waals surface area contributed by atoms with Gasteiger partial charge in [-0.1, -0.05) is 11.6 Å².